The number of nitrogens with one attached hydrogen (secondary N) is 1. The molecule has 0 aromatic rings. The maximum absolute atomic E-state index is 11.8. The van der Waals surface area contributed by atoms with Crippen LogP contribution in [0.4, 0.5) is 13.6 Å². The number of amides is 2. The Bertz CT molecular complexity index is 358. The van der Waals surface area contributed by atoms with E-state index in [-0.39, 0.29) is 19.2 Å². The van der Waals surface area contributed by atoms with E-state index in [1.165, 1.54) is 0 Å². The van der Waals surface area contributed by atoms with Gasteiger partial charge in [0.2, 0.25) is 0 Å². The molecule has 2 amide bonds. The Morgan fingerprint density at radius 2 is 2.00 bits per heavy atom. The SMILES string of the molecule is CCC1(C(=O)O)CCN(C(=O)NCCOCC(F)F)CC1. The molecule has 0 atom stereocenters. The number of ether oxygens (including phenoxy) is 1. The third kappa shape index (κ3) is 5.11. The van der Waals surface area contributed by atoms with Crippen molar-refractivity contribution in [2.75, 3.05) is 32.8 Å². The molecule has 0 radical (unpaired) electrons. The van der Waals surface area contributed by atoms with Gasteiger partial charge in [0, 0.05) is 19.6 Å². The summed E-state index contributed by atoms with van der Waals surface area (Å²) < 4.78 is 28.3. The number of nitrogens with zero attached hydrogens (tertiary/aromatic N) is 1. The number of urea groups is 1. The number of likely N-dealkylation sites (tertiary alicyclic amines) is 1. The summed E-state index contributed by atoms with van der Waals surface area (Å²) in [6, 6.07) is -0.314. The van der Waals surface area contributed by atoms with Crippen LogP contribution in [-0.2, 0) is 9.53 Å². The monoisotopic (exact) mass is 308 g/mol. The van der Waals surface area contributed by atoms with Crippen molar-refractivity contribution in [3.05, 3.63) is 0 Å². The van der Waals surface area contributed by atoms with Gasteiger partial charge in [-0.05, 0) is 19.3 Å². The summed E-state index contributed by atoms with van der Waals surface area (Å²) in [5, 5.41) is 11.8. The first kappa shape index (κ1) is 17.6. The number of rotatable bonds is 7. The maximum atomic E-state index is 11.8. The van der Waals surface area contributed by atoms with Crippen LogP contribution in [0.5, 0.6) is 0 Å². The zero-order valence-electron chi connectivity index (χ0n) is 12.1. The van der Waals surface area contributed by atoms with Crippen LogP contribution >= 0.6 is 0 Å². The Labute approximate surface area is 122 Å². The lowest BCUT2D eigenvalue weighted by molar-refractivity contribution is -0.151. The lowest BCUT2D eigenvalue weighted by Crippen LogP contribution is -2.49. The highest BCUT2D eigenvalue weighted by Crippen LogP contribution is 2.35. The topological polar surface area (TPSA) is 78.9 Å². The van der Waals surface area contributed by atoms with Crippen molar-refractivity contribution in [1.29, 1.82) is 0 Å². The second-order valence-electron chi connectivity index (χ2n) is 5.12. The van der Waals surface area contributed by atoms with Crippen LogP contribution in [-0.4, -0.2) is 61.3 Å². The minimum atomic E-state index is -2.51. The predicted octanol–water partition coefficient (Wildman–Crippen LogP) is 1.55. The lowest BCUT2D eigenvalue weighted by atomic mass is 9.76. The van der Waals surface area contributed by atoms with Crippen LogP contribution < -0.4 is 5.32 Å². The fraction of sp³-hybridized carbons (Fsp3) is 0.846. The van der Waals surface area contributed by atoms with Gasteiger partial charge in [0.1, 0.15) is 6.61 Å². The molecule has 1 fully saturated rings. The van der Waals surface area contributed by atoms with E-state index in [0.29, 0.717) is 32.4 Å². The molecule has 8 heteroatoms. The average molecular weight is 308 g/mol. The number of hydrogen-bond donors (Lipinski definition) is 2. The van der Waals surface area contributed by atoms with Crippen LogP contribution in [0, 0.1) is 5.41 Å². The Morgan fingerprint density at radius 3 is 2.48 bits per heavy atom. The van der Waals surface area contributed by atoms with E-state index in [2.05, 4.69) is 10.1 Å². The number of hydrogen-bond acceptors (Lipinski definition) is 3. The van der Waals surface area contributed by atoms with E-state index in [4.69, 9.17) is 0 Å². The molecular formula is C13H22F2N2O4. The molecule has 0 aromatic heterocycles. The van der Waals surface area contributed by atoms with Gasteiger partial charge in [-0.3, -0.25) is 4.79 Å². The fourth-order valence-corrected chi connectivity index (χ4v) is 2.37. The summed E-state index contributed by atoms with van der Waals surface area (Å²) in [4.78, 5) is 24.7. The molecule has 0 saturated carbocycles. The van der Waals surface area contributed by atoms with Crippen LogP contribution in [0.15, 0.2) is 0 Å². The highest BCUT2D eigenvalue weighted by atomic mass is 19.3. The van der Waals surface area contributed by atoms with Gasteiger partial charge in [-0.25, -0.2) is 13.6 Å². The zero-order chi connectivity index (χ0) is 15.9. The Morgan fingerprint density at radius 1 is 1.38 bits per heavy atom. The minimum absolute atomic E-state index is 0.0257. The van der Waals surface area contributed by atoms with Crippen LogP contribution in [0.25, 0.3) is 0 Å². The maximum Gasteiger partial charge on any atom is 0.317 e. The van der Waals surface area contributed by atoms with Crippen LogP contribution in [0.3, 0.4) is 0 Å². The van der Waals surface area contributed by atoms with Gasteiger partial charge in [-0.2, -0.15) is 0 Å². The molecule has 122 valence electrons. The molecule has 2 N–H and O–H groups in total. The van der Waals surface area contributed by atoms with E-state index < -0.39 is 24.4 Å². The number of carbonyl (C=O) groups is 2. The summed E-state index contributed by atoms with van der Waals surface area (Å²) in [5.74, 6) is -0.814. The van der Waals surface area contributed by atoms with Crippen LogP contribution in [0.1, 0.15) is 26.2 Å². The number of aliphatic carboxylic acids is 1. The van der Waals surface area contributed by atoms with Crippen molar-refractivity contribution in [3.8, 4) is 0 Å². The van der Waals surface area contributed by atoms with Crippen molar-refractivity contribution < 1.29 is 28.2 Å². The van der Waals surface area contributed by atoms with Crippen molar-refractivity contribution in [2.45, 2.75) is 32.6 Å². The molecule has 6 nitrogen and oxygen atoms in total. The van der Waals surface area contributed by atoms with Gasteiger partial charge < -0.3 is 20.1 Å². The van der Waals surface area contributed by atoms with E-state index in [0.717, 1.165) is 0 Å². The normalized spacial score (nSPS) is 17.8. The van der Waals surface area contributed by atoms with Crippen molar-refractivity contribution >= 4 is 12.0 Å². The molecule has 1 heterocycles. The number of carboxylic acid groups (broad SMARTS) is 1. The third-order valence-electron chi connectivity index (χ3n) is 3.90. The quantitative estimate of drug-likeness (QED) is 0.700. The molecule has 1 rings (SSSR count). The standard InChI is InChI=1S/C13H22F2N2O4/c1-2-13(11(18)19)3-6-17(7-4-13)12(20)16-5-8-21-9-10(14)15/h10H,2-9H2,1H3,(H,16,20)(H,18,19). The molecule has 0 aliphatic carbocycles. The molecule has 1 saturated heterocycles. The Kier molecular flexibility index (Phi) is 6.80. The number of halogens is 2. The first-order valence-electron chi connectivity index (χ1n) is 7.03. The van der Waals surface area contributed by atoms with Crippen molar-refractivity contribution in [1.82, 2.24) is 10.2 Å². The molecule has 0 spiro atoms. The number of piperidine rings is 1. The molecular weight excluding hydrogens is 286 g/mol. The van der Waals surface area contributed by atoms with Gasteiger partial charge in [-0.15, -0.1) is 0 Å². The number of carbonyl (C=O) groups excluding carboxylic acids is 1. The lowest BCUT2D eigenvalue weighted by Gasteiger charge is -2.38. The first-order chi connectivity index (χ1) is 9.91. The highest BCUT2D eigenvalue weighted by molar-refractivity contribution is 5.77. The second kappa shape index (κ2) is 8.11. The summed E-state index contributed by atoms with van der Waals surface area (Å²) >= 11 is 0. The summed E-state index contributed by atoms with van der Waals surface area (Å²) in [5.41, 5.74) is -0.739. The van der Waals surface area contributed by atoms with E-state index >= 15 is 0 Å². The molecule has 1 aliphatic rings. The Hall–Kier alpha value is -1.44. The molecule has 1 aliphatic heterocycles. The van der Waals surface area contributed by atoms with Gasteiger partial charge >= 0.3 is 12.0 Å². The van der Waals surface area contributed by atoms with Gasteiger partial charge in [0.05, 0.1) is 12.0 Å². The number of carboxylic acids is 1. The third-order valence-corrected chi connectivity index (χ3v) is 3.90. The first-order valence-corrected chi connectivity index (χ1v) is 7.03. The molecule has 0 aromatic carbocycles. The van der Waals surface area contributed by atoms with Gasteiger partial charge in [-0.1, -0.05) is 6.92 Å². The molecule has 0 unspecified atom stereocenters. The van der Waals surface area contributed by atoms with E-state index in [1.54, 1.807) is 4.90 Å². The molecule has 0 bridgehead atoms. The zero-order valence-corrected chi connectivity index (χ0v) is 12.1. The second-order valence-corrected chi connectivity index (χ2v) is 5.12. The van der Waals surface area contributed by atoms with E-state index in [9.17, 15) is 23.5 Å². The van der Waals surface area contributed by atoms with E-state index in [1.807, 2.05) is 6.92 Å². The summed E-state index contributed by atoms with van der Waals surface area (Å²) in [6.07, 6.45) is -1.12. The smallest absolute Gasteiger partial charge is 0.317 e. The summed E-state index contributed by atoms with van der Waals surface area (Å²) in [6.45, 7) is 2.13. The van der Waals surface area contributed by atoms with Gasteiger partial charge in [0.15, 0.2) is 0 Å². The van der Waals surface area contributed by atoms with Crippen molar-refractivity contribution in [3.63, 3.8) is 0 Å². The van der Waals surface area contributed by atoms with Crippen LogP contribution in [0.2, 0.25) is 0 Å². The number of alkyl halides is 2. The fourth-order valence-electron chi connectivity index (χ4n) is 2.37. The highest BCUT2D eigenvalue weighted by Gasteiger charge is 2.40. The largest absolute Gasteiger partial charge is 0.481 e. The molecule has 21 heavy (non-hydrogen) atoms. The average Bonchev–Trinajstić information content (AvgIpc) is 2.46. The Balaban J connectivity index is 2.27. The minimum Gasteiger partial charge on any atom is -0.481 e. The summed E-state index contributed by atoms with van der Waals surface area (Å²) in [7, 11) is 0. The predicted molar refractivity (Wildman–Crippen MR) is 71.4 cm³/mol. The van der Waals surface area contributed by atoms with Gasteiger partial charge in [0.25, 0.3) is 6.43 Å². The van der Waals surface area contributed by atoms with Crippen molar-refractivity contribution in [2.24, 2.45) is 5.41 Å².